The van der Waals surface area contributed by atoms with Gasteiger partial charge in [0.1, 0.15) is 5.58 Å². The van der Waals surface area contributed by atoms with Gasteiger partial charge in [0.05, 0.1) is 5.69 Å². The van der Waals surface area contributed by atoms with Gasteiger partial charge >= 0.3 is 0 Å². The average Bonchev–Trinajstić information content (AvgIpc) is 3.26. The molecular weight excluding hydrogens is 412 g/mol. The average molecular weight is 427 g/mol. The molecule has 1 N–H and O–H groups in total. The Morgan fingerprint density at radius 3 is 2.69 bits per heavy atom. The number of hydrogen-bond acceptors (Lipinski definition) is 4. The fourth-order valence-corrected chi connectivity index (χ4v) is 3.91. The quantitative estimate of drug-likeness (QED) is 0.426. The van der Waals surface area contributed by atoms with Crippen molar-refractivity contribution in [2.24, 2.45) is 0 Å². The maximum Gasteiger partial charge on any atom is 0.293 e. The lowest BCUT2D eigenvalue weighted by atomic mass is 10.1. The number of benzene rings is 2. The van der Waals surface area contributed by atoms with Crippen LogP contribution in [0.25, 0.3) is 22.2 Å². The molecular formula is C20H15BrN2O2S. The number of furan rings is 1. The number of nitrogens with zero attached hydrogens (tertiary/aromatic N) is 1. The first-order valence-corrected chi connectivity index (χ1v) is 9.80. The first-order valence-electron chi connectivity index (χ1n) is 8.19. The maximum atomic E-state index is 12.5. The number of fused-ring (bicyclic) bond motifs is 1. The van der Waals surface area contributed by atoms with E-state index in [0.29, 0.717) is 10.7 Å². The number of carbonyl (C=O) groups excluding carboxylic acids is 1. The summed E-state index contributed by atoms with van der Waals surface area (Å²) in [6, 6.07) is 17.3. The van der Waals surface area contributed by atoms with Crippen LogP contribution in [0.3, 0.4) is 0 Å². The highest BCUT2D eigenvalue weighted by atomic mass is 79.9. The minimum Gasteiger partial charge on any atom is -0.451 e. The molecule has 2 heterocycles. The van der Waals surface area contributed by atoms with Gasteiger partial charge in [-0.2, -0.15) is 0 Å². The van der Waals surface area contributed by atoms with Crippen LogP contribution in [0.1, 0.15) is 22.4 Å². The molecule has 0 saturated heterocycles. The number of para-hydroxylation sites is 1. The molecule has 1 amide bonds. The van der Waals surface area contributed by atoms with Gasteiger partial charge in [-0.1, -0.05) is 53.2 Å². The smallest absolute Gasteiger partial charge is 0.293 e. The Balaban J connectivity index is 1.61. The highest BCUT2D eigenvalue weighted by Crippen LogP contribution is 2.32. The van der Waals surface area contributed by atoms with Crippen LogP contribution >= 0.6 is 27.3 Å². The zero-order valence-corrected chi connectivity index (χ0v) is 16.4. The van der Waals surface area contributed by atoms with E-state index in [0.717, 1.165) is 32.4 Å². The van der Waals surface area contributed by atoms with Gasteiger partial charge in [-0.25, -0.2) is 4.98 Å². The highest BCUT2D eigenvalue weighted by Gasteiger charge is 2.17. The van der Waals surface area contributed by atoms with E-state index in [1.54, 1.807) is 6.07 Å². The summed E-state index contributed by atoms with van der Waals surface area (Å²) in [5, 5.41) is 4.34. The molecule has 0 aliphatic heterocycles. The summed E-state index contributed by atoms with van der Waals surface area (Å²) in [6.07, 6.45) is 0.851. The summed E-state index contributed by atoms with van der Waals surface area (Å²) in [4.78, 5) is 18.3. The van der Waals surface area contributed by atoms with E-state index < -0.39 is 0 Å². The number of amides is 1. The Morgan fingerprint density at radius 1 is 1.19 bits per heavy atom. The number of anilines is 1. The molecule has 0 unspecified atom stereocenters. The Hall–Kier alpha value is -2.44. The van der Waals surface area contributed by atoms with Crippen LogP contribution in [-0.2, 0) is 6.42 Å². The third kappa shape index (κ3) is 3.30. The van der Waals surface area contributed by atoms with Crippen LogP contribution in [0.2, 0.25) is 0 Å². The van der Waals surface area contributed by atoms with Crippen LogP contribution in [-0.4, -0.2) is 10.9 Å². The molecule has 4 aromatic rings. The molecule has 130 valence electrons. The lowest BCUT2D eigenvalue weighted by Crippen LogP contribution is -2.10. The van der Waals surface area contributed by atoms with Crippen LogP contribution in [0.5, 0.6) is 0 Å². The van der Waals surface area contributed by atoms with Crippen molar-refractivity contribution < 1.29 is 9.21 Å². The van der Waals surface area contributed by atoms with Crippen molar-refractivity contribution in [2.75, 3.05) is 5.32 Å². The third-order valence-electron chi connectivity index (χ3n) is 4.01. The fraction of sp³-hybridized carbons (Fsp3) is 0.100. The zero-order chi connectivity index (χ0) is 18.1. The van der Waals surface area contributed by atoms with Gasteiger partial charge in [0.25, 0.3) is 5.91 Å². The largest absolute Gasteiger partial charge is 0.451 e. The Kier molecular flexibility index (Phi) is 4.61. The van der Waals surface area contributed by atoms with Gasteiger partial charge < -0.3 is 4.42 Å². The Bertz CT molecular complexity index is 1050. The van der Waals surface area contributed by atoms with Crippen LogP contribution in [0.15, 0.2) is 63.5 Å². The fourth-order valence-electron chi connectivity index (χ4n) is 2.73. The van der Waals surface area contributed by atoms with Crippen LogP contribution in [0, 0.1) is 0 Å². The lowest BCUT2D eigenvalue weighted by Gasteiger charge is -2.00. The molecule has 0 bridgehead atoms. The lowest BCUT2D eigenvalue weighted by molar-refractivity contribution is 0.0998. The molecule has 4 nitrogen and oxygen atoms in total. The van der Waals surface area contributed by atoms with Crippen molar-refractivity contribution in [3.63, 3.8) is 0 Å². The van der Waals surface area contributed by atoms with E-state index in [1.807, 2.05) is 48.5 Å². The molecule has 6 heteroatoms. The van der Waals surface area contributed by atoms with Crippen LogP contribution < -0.4 is 5.32 Å². The van der Waals surface area contributed by atoms with Gasteiger partial charge in [-0.05, 0) is 30.7 Å². The van der Waals surface area contributed by atoms with Crippen molar-refractivity contribution in [3.05, 3.63) is 69.7 Å². The molecule has 0 atom stereocenters. The molecule has 0 spiro atoms. The molecule has 0 saturated carbocycles. The number of hydrogen-bond donors (Lipinski definition) is 1. The number of thiazole rings is 1. The molecule has 26 heavy (non-hydrogen) atoms. The van der Waals surface area contributed by atoms with Gasteiger partial charge in [0.2, 0.25) is 0 Å². The highest BCUT2D eigenvalue weighted by molar-refractivity contribution is 9.10. The second-order valence-electron chi connectivity index (χ2n) is 5.75. The molecule has 2 aromatic carbocycles. The summed E-state index contributed by atoms with van der Waals surface area (Å²) in [5.74, 6) is -0.00963. The van der Waals surface area contributed by atoms with E-state index in [4.69, 9.17) is 4.42 Å². The number of nitrogens with one attached hydrogen (secondary N) is 1. The van der Waals surface area contributed by atoms with Crippen LogP contribution in [0.4, 0.5) is 5.13 Å². The van der Waals surface area contributed by atoms with Gasteiger partial charge in [0, 0.05) is 20.3 Å². The number of rotatable bonds is 4. The molecule has 0 fully saturated rings. The minimum atomic E-state index is -0.292. The predicted molar refractivity (Wildman–Crippen MR) is 109 cm³/mol. The third-order valence-corrected chi connectivity index (χ3v) is 5.65. The summed E-state index contributed by atoms with van der Waals surface area (Å²) in [6.45, 7) is 2.08. The van der Waals surface area contributed by atoms with Crippen molar-refractivity contribution >= 4 is 49.3 Å². The van der Waals surface area contributed by atoms with Crippen molar-refractivity contribution in [1.29, 1.82) is 0 Å². The summed E-state index contributed by atoms with van der Waals surface area (Å²) < 4.78 is 6.64. The van der Waals surface area contributed by atoms with E-state index in [2.05, 4.69) is 33.2 Å². The van der Waals surface area contributed by atoms with E-state index in [1.165, 1.54) is 11.3 Å². The number of aromatic nitrogens is 1. The summed E-state index contributed by atoms with van der Waals surface area (Å²) >= 11 is 4.94. The molecule has 0 aliphatic rings. The molecule has 4 rings (SSSR count). The second-order valence-corrected chi connectivity index (χ2v) is 7.75. The first-order chi connectivity index (χ1) is 12.6. The van der Waals surface area contributed by atoms with E-state index >= 15 is 0 Å². The summed E-state index contributed by atoms with van der Waals surface area (Å²) in [7, 11) is 0. The van der Waals surface area contributed by atoms with Gasteiger partial charge in [-0.15, -0.1) is 11.3 Å². The van der Waals surface area contributed by atoms with E-state index in [9.17, 15) is 4.79 Å². The minimum absolute atomic E-state index is 0.282. The molecule has 0 aliphatic carbocycles. The second kappa shape index (κ2) is 7.05. The maximum absolute atomic E-state index is 12.5. The predicted octanol–water partition coefficient (Wildman–Crippen LogP) is 6.13. The SMILES string of the molecule is CCc1sc(NC(=O)c2cc3ccccc3o2)nc1-c1ccc(Br)cc1. The van der Waals surface area contributed by atoms with E-state index in [-0.39, 0.29) is 11.7 Å². The Morgan fingerprint density at radius 2 is 1.96 bits per heavy atom. The number of halogens is 1. The van der Waals surface area contributed by atoms with Crippen molar-refractivity contribution in [3.8, 4) is 11.3 Å². The van der Waals surface area contributed by atoms with Crippen molar-refractivity contribution in [2.45, 2.75) is 13.3 Å². The summed E-state index contributed by atoms with van der Waals surface area (Å²) in [5.41, 5.74) is 2.64. The standard InChI is InChI=1S/C20H15BrN2O2S/c1-2-17-18(12-7-9-14(21)10-8-12)22-20(26-17)23-19(24)16-11-13-5-3-4-6-15(13)25-16/h3-11H,2H2,1H3,(H,22,23,24). The van der Waals surface area contributed by atoms with Gasteiger partial charge in [-0.3, -0.25) is 10.1 Å². The number of carbonyl (C=O) groups is 1. The monoisotopic (exact) mass is 426 g/mol. The first kappa shape index (κ1) is 17.0. The van der Waals surface area contributed by atoms with Gasteiger partial charge in [0.15, 0.2) is 10.9 Å². The normalized spacial score (nSPS) is 11.0. The molecule has 0 radical (unpaired) electrons. The number of aryl methyl sites for hydroxylation is 1. The Labute approximate surface area is 163 Å². The van der Waals surface area contributed by atoms with Crippen molar-refractivity contribution in [1.82, 2.24) is 4.98 Å². The zero-order valence-electron chi connectivity index (χ0n) is 14.0. The topological polar surface area (TPSA) is 55.1 Å². The molecule has 2 aromatic heterocycles.